The SMILES string of the molecule is CSCCC(=O)N(CCC(N)=S)C1CC1. The Morgan fingerprint density at radius 2 is 2.20 bits per heavy atom. The molecule has 2 N–H and O–H groups in total. The number of carbonyl (C=O) groups is 1. The molecule has 1 aliphatic rings. The van der Waals surface area contributed by atoms with Crippen molar-refractivity contribution in [3.63, 3.8) is 0 Å². The minimum absolute atomic E-state index is 0.253. The fourth-order valence-corrected chi connectivity index (χ4v) is 1.93. The third kappa shape index (κ3) is 4.84. The monoisotopic (exact) mass is 246 g/mol. The third-order valence-electron chi connectivity index (χ3n) is 2.43. The van der Waals surface area contributed by atoms with Crippen LogP contribution in [0.4, 0.5) is 0 Å². The topological polar surface area (TPSA) is 46.3 Å². The molecule has 86 valence electrons. The highest BCUT2D eigenvalue weighted by Crippen LogP contribution is 2.27. The maximum Gasteiger partial charge on any atom is 0.223 e. The van der Waals surface area contributed by atoms with Crippen molar-refractivity contribution in [2.24, 2.45) is 5.73 Å². The van der Waals surface area contributed by atoms with Gasteiger partial charge in [-0.05, 0) is 19.1 Å². The quantitative estimate of drug-likeness (QED) is 0.690. The molecule has 0 aromatic heterocycles. The highest BCUT2D eigenvalue weighted by atomic mass is 32.2. The van der Waals surface area contributed by atoms with Crippen LogP contribution < -0.4 is 5.73 Å². The van der Waals surface area contributed by atoms with Gasteiger partial charge in [0.2, 0.25) is 5.91 Å². The summed E-state index contributed by atoms with van der Waals surface area (Å²) in [6.07, 6.45) is 5.58. The van der Waals surface area contributed by atoms with E-state index in [-0.39, 0.29) is 5.91 Å². The number of nitrogens with two attached hydrogens (primary N) is 1. The molecule has 15 heavy (non-hydrogen) atoms. The number of amides is 1. The average Bonchev–Trinajstić information content (AvgIpc) is 2.98. The van der Waals surface area contributed by atoms with Crippen LogP contribution in [0.3, 0.4) is 0 Å². The molecule has 1 rings (SSSR count). The molecule has 0 aromatic rings. The first-order valence-electron chi connectivity index (χ1n) is 5.22. The van der Waals surface area contributed by atoms with Gasteiger partial charge in [-0.3, -0.25) is 4.79 Å². The van der Waals surface area contributed by atoms with E-state index in [1.807, 2.05) is 11.2 Å². The number of thiocarbonyl (C=S) groups is 1. The lowest BCUT2D eigenvalue weighted by molar-refractivity contribution is -0.131. The summed E-state index contributed by atoms with van der Waals surface area (Å²) in [4.78, 5) is 14.3. The van der Waals surface area contributed by atoms with E-state index in [9.17, 15) is 4.79 Å². The Labute approximate surface area is 101 Å². The van der Waals surface area contributed by atoms with Crippen LogP contribution in [-0.2, 0) is 4.79 Å². The van der Waals surface area contributed by atoms with E-state index in [1.165, 1.54) is 0 Å². The van der Waals surface area contributed by atoms with Crippen molar-refractivity contribution in [3.8, 4) is 0 Å². The zero-order valence-electron chi connectivity index (χ0n) is 9.07. The molecule has 0 radical (unpaired) electrons. The molecule has 3 nitrogen and oxygen atoms in total. The molecule has 0 unspecified atom stereocenters. The van der Waals surface area contributed by atoms with Gasteiger partial charge in [0.1, 0.15) is 0 Å². The van der Waals surface area contributed by atoms with Gasteiger partial charge in [0.05, 0.1) is 4.99 Å². The van der Waals surface area contributed by atoms with Crippen molar-refractivity contribution in [1.29, 1.82) is 0 Å². The van der Waals surface area contributed by atoms with E-state index in [0.717, 1.165) is 18.6 Å². The Balaban J connectivity index is 2.35. The Bertz CT molecular complexity index is 242. The van der Waals surface area contributed by atoms with Crippen molar-refractivity contribution in [1.82, 2.24) is 4.90 Å². The lowest BCUT2D eigenvalue weighted by Crippen LogP contribution is -2.35. The second-order valence-corrected chi connectivity index (χ2v) is 5.29. The first-order valence-corrected chi connectivity index (χ1v) is 7.02. The van der Waals surface area contributed by atoms with E-state index in [2.05, 4.69) is 0 Å². The Kier molecular flexibility index (Phi) is 5.39. The van der Waals surface area contributed by atoms with E-state index in [4.69, 9.17) is 18.0 Å². The zero-order chi connectivity index (χ0) is 11.3. The van der Waals surface area contributed by atoms with Crippen molar-refractivity contribution >= 4 is 34.9 Å². The smallest absolute Gasteiger partial charge is 0.223 e. The molecular weight excluding hydrogens is 228 g/mol. The molecule has 0 saturated heterocycles. The van der Waals surface area contributed by atoms with Gasteiger partial charge in [-0.2, -0.15) is 11.8 Å². The van der Waals surface area contributed by atoms with Crippen LogP contribution in [0.15, 0.2) is 0 Å². The van der Waals surface area contributed by atoms with Crippen LogP contribution in [0.5, 0.6) is 0 Å². The van der Waals surface area contributed by atoms with Crippen LogP contribution in [0.1, 0.15) is 25.7 Å². The first-order chi connectivity index (χ1) is 7.15. The van der Waals surface area contributed by atoms with Crippen molar-refractivity contribution in [2.75, 3.05) is 18.6 Å². The molecule has 1 aliphatic carbocycles. The summed E-state index contributed by atoms with van der Waals surface area (Å²) in [6.45, 7) is 0.702. The summed E-state index contributed by atoms with van der Waals surface area (Å²) < 4.78 is 0. The van der Waals surface area contributed by atoms with Crippen molar-refractivity contribution in [3.05, 3.63) is 0 Å². The maximum atomic E-state index is 11.8. The molecular formula is C10H18N2OS2. The lowest BCUT2D eigenvalue weighted by Gasteiger charge is -2.22. The number of carbonyl (C=O) groups excluding carboxylic acids is 1. The Morgan fingerprint density at radius 3 is 2.67 bits per heavy atom. The minimum Gasteiger partial charge on any atom is -0.393 e. The Morgan fingerprint density at radius 1 is 1.53 bits per heavy atom. The van der Waals surface area contributed by atoms with Crippen LogP contribution in [0, 0.1) is 0 Å². The standard InChI is InChI=1S/C10H18N2OS2/c1-15-7-5-10(13)12(8-2-3-8)6-4-9(11)14/h8H,2-7H2,1H3,(H2,11,14). The second kappa shape index (κ2) is 6.33. The van der Waals surface area contributed by atoms with Gasteiger partial charge in [0, 0.05) is 31.2 Å². The van der Waals surface area contributed by atoms with Crippen LogP contribution in [-0.4, -0.2) is 40.4 Å². The highest BCUT2D eigenvalue weighted by molar-refractivity contribution is 7.98. The van der Waals surface area contributed by atoms with Gasteiger partial charge < -0.3 is 10.6 Å². The predicted octanol–water partition coefficient (Wildman–Crippen LogP) is 1.41. The van der Waals surface area contributed by atoms with Gasteiger partial charge in [-0.25, -0.2) is 0 Å². The van der Waals surface area contributed by atoms with Gasteiger partial charge in [-0.15, -0.1) is 0 Å². The van der Waals surface area contributed by atoms with Crippen LogP contribution in [0.2, 0.25) is 0 Å². The van der Waals surface area contributed by atoms with E-state index < -0.39 is 0 Å². The molecule has 0 bridgehead atoms. The van der Waals surface area contributed by atoms with E-state index in [1.54, 1.807) is 11.8 Å². The molecule has 5 heteroatoms. The predicted molar refractivity (Wildman–Crippen MR) is 69.1 cm³/mol. The van der Waals surface area contributed by atoms with Gasteiger partial charge in [-0.1, -0.05) is 12.2 Å². The summed E-state index contributed by atoms with van der Waals surface area (Å²) in [7, 11) is 0. The molecule has 0 aliphatic heterocycles. The van der Waals surface area contributed by atoms with Crippen LogP contribution in [0.25, 0.3) is 0 Å². The average molecular weight is 246 g/mol. The number of hydrogen-bond acceptors (Lipinski definition) is 3. The fraction of sp³-hybridized carbons (Fsp3) is 0.800. The normalized spacial score (nSPS) is 15.0. The zero-order valence-corrected chi connectivity index (χ0v) is 10.7. The summed E-state index contributed by atoms with van der Waals surface area (Å²) in [5.74, 6) is 1.15. The molecule has 1 saturated carbocycles. The molecule has 0 aromatic carbocycles. The Hall–Kier alpha value is -0.290. The number of thioether (sulfide) groups is 1. The largest absolute Gasteiger partial charge is 0.393 e. The fourth-order valence-electron chi connectivity index (χ4n) is 1.46. The van der Waals surface area contributed by atoms with Gasteiger partial charge in [0.15, 0.2) is 0 Å². The highest BCUT2D eigenvalue weighted by Gasteiger charge is 2.31. The molecule has 1 fully saturated rings. The number of hydrogen-bond donors (Lipinski definition) is 1. The summed E-state index contributed by atoms with van der Waals surface area (Å²) in [5, 5.41) is 0. The first kappa shape index (κ1) is 12.8. The van der Waals surface area contributed by atoms with Crippen molar-refractivity contribution < 1.29 is 4.79 Å². The lowest BCUT2D eigenvalue weighted by atomic mass is 10.3. The number of rotatable bonds is 7. The second-order valence-electron chi connectivity index (χ2n) is 3.78. The molecule has 0 heterocycles. The van der Waals surface area contributed by atoms with Gasteiger partial charge >= 0.3 is 0 Å². The summed E-state index contributed by atoms with van der Waals surface area (Å²) >= 11 is 6.54. The van der Waals surface area contributed by atoms with Crippen LogP contribution >= 0.6 is 24.0 Å². The summed E-state index contributed by atoms with van der Waals surface area (Å²) in [5.41, 5.74) is 5.45. The van der Waals surface area contributed by atoms with Crippen molar-refractivity contribution in [2.45, 2.75) is 31.7 Å². The molecule has 0 spiro atoms. The number of nitrogens with zero attached hydrogens (tertiary/aromatic N) is 1. The maximum absolute atomic E-state index is 11.8. The molecule has 0 atom stereocenters. The molecule has 1 amide bonds. The van der Waals surface area contributed by atoms with E-state index in [0.29, 0.717) is 30.4 Å². The van der Waals surface area contributed by atoms with Gasteiger partial charge in [0.25, 0.3) is 0 Å². The minimum atomic E-state index is 0.253. The van der Waals surface area contributed by atoms with E-state index >= 15 is 0 Å². The third-order valence-corrected chi connectivity index (χ3v) is 3.24. The summed E-state index contributed by atoms with van der Waals surface area (Å²) in [6, 6.07) is 0.466.